The summed E-state index contributed by atoms with van der Waals surface area (Å²) in [5.41, 5.74) is 2.00. The van der Waals surface area contributed by atoms with Gasteiger partial charge in [-0.3, -0.25) is 9.59 Å². The zero-order valence-corrected chi connectivity index (χ0v) is 18.1. The molecule has 29 heavy (non-hydrogen) atoms. The second kappa shape index (κ2) is 12.3. The van der Waals surface area contributed by atoms with Crippen molar-refractivity contribution in [1.82, 2.24) is 10.2 Å². The van der Waals surface area contributed by atoms with Crippen LogP contribution >= 0.6 is 11.6 Å². The van der Waals surface area contributed by atoms with Gasteiger partial charge in [-0.1, -0.05) is 74.3 Å². The fourth-order valence-electron chi connectivity index (χ4n) is 3.33. The monoisotopic (exact) mass is 414 g/mol. The quantitative estimate of drug-likeness (QED) is 0.544. The maximum absolute atomic E-state index is 13.2. The third-order valence-electron chi connectivity index (χ3n) is 4.94. The molecule has 2 amide bonds. The molecule has 156 valence electrons. The first-order valence-electron chi connectivity index (χ1n) is 10.4. The standard InChI is InChI=1S/C24H31ClN2O2/c1-3-5-15-26-24(29)22(4-2)27(16-14-19-10-7-6-8-11-19)23(28)18-20-12-9-13-21(25)17-20/h6-13,17,22H,3-5,14-16,18H2,1-2H3,(H,26,29). The summed E-state index contributed by atoms with van der Waals surface area (Å²) in [6.45, 7) is 5.18. The smallest absolute Gasteiger partial charge is 0.242 e. The van der Waals surface area contributed by atoms with Gasteiger partial charge >= 0.3 is 0 Å². The van der Waals surface area contributed by atoms with E-state index in [0.29, 0.717) is 31.0 Å². The molecule has 2 aromatic carbocycles. The normalized spacial score (nSPS) is 11.7. The van der Waals surface area contributed by atoms with Crippen LogP contribution in [-0.4, -0.2) is 35.8 Å². The molecule has 0 aliphatic carbocycles. The summed E-state index contributed by atoms with van der Waals surface area (Å²) >= 11 is 6.07. The molecular formula is C24H31ClN2O2. The Bertz CT molecular complexity index is 779. The number of rotatable bonds is 11. The van der Waals surface area contributed by atoms with E-state index in [-0.39, 0.29) is 18.2 Å². The van der Waals surface area contributed by atoms with E-state index in [4.69, 9.17) is 11.6 Å². The number of nitrogens with zero attached hydrogens (tertiary/aromatic N) is 1. The third-order valence-corrected chi connectivity index (χ3v) is 5.18. The number of unbranched alkanes of at least 4 members (excludes halogenated alkanes) is 1. The SMILES string of the molecule is CCCCNC(=O)C(CC)N(CCc1ccccc1)C(=O)Cc1cccc(Cl)c1. The Balaban J connectivity index is 2.15. The molecule has 0 bridgehead atoms. The Hall–Kier alpha value is -2.33. The van der Waals surface area contributed by atoms with Crippen molar-refractivity contribution in [2.45, 2.75) is 52.0 Å². The van der Waals surface area contributed by atoms with Gasteiger partial charge in [0.15, 0.2) is 0 Å². The molecule has 0 aliphatic rings. The van der Waals surface area contributed by atoms with Crippen molar-refractivity contribution < 1.29 is 9.59 Å². The molecule has 5 heteroatoms. The highest BCUT2D eigenvalue weighted by molar-refractivity contribution is 6.30. The van der Waals surface area contributed by atoms with Gasteiger partial charge in [-0.2, -0.15) is 0 Å². The second-order valence-corrected chi connectivity index (χ2v) is 7.63. The fourth-order valence-corrected chi connectivity index (χ4v) is 3.54. The number of nitrogens with one attached hydrogen (secondary N) is 1. The van der Waals surface area contributed by atoms with Crippen LogP contribution in [-0.2, 0) is 22.4 Å². The third kappa shape index (κ3) is 7.54. The molecule has 0 saturated carbocycles. The Morgan fingerprint density at radius 1 is 1.03 bits per heavy atom. The maximum atomic E-state index is 13.2. The van der Waals surface area contributed by atoms with E-state index in [1.165, 1.54) is 0 Å². The molecule has 0 radical (unpaired) electrons. The van der Waals surface area contributed by atoms with Crippen molar-refractivity contribution in [1.29, 1.82) is 0 Å². The lowest BCUT2D eigenvalue weighted by molar-refractivity contribution is -0.140. The van der Waals surface area contributed by atoms with E-state index >= 15 is 0 Å². The lowest BCUT2D eigenvalue weighted by Gasteiger charge is -2.31. The molecule has 1 atom stereocenters. The van der Waals surface area contributed by atoms with Crippen LogP contribution in [0.5, 0.6) is 0 Å². The molecule has 4 nitrogen and oxygen atoms in total. The molecule has 2 aromatic rings. The highest BCUT2D eigenvalue weighted by Crippen LogP contribution is 2.15. The number of carbonyl (C=O) groups is 2. The predicted molar refractivity (Wildman–Crippen MR) is 119 cm³/mol. The summed E-state index contributed by atoms with van der Waals surface area (Å²) in [5.74, 6) is -0.130. The molecule has 1 N–H and O–H groups in total. The van der Waals surface area contributed by atoms with Gasteiger partial charge in [0, 0.05) is 18.1 Å². The highest BCUT2D eigenvalue weighted by Gasteiger charge is 2.28. The minimum absolute atomic E-state index is 0.0549. The Morgan fingerprint density at radius 3 is 2.41 bits per heavy atom. The molecule has 2 rings (SSSR count). The van der Waals surface area contributed by atoms with Crippen molar-refractivity contribution in [2.75, 3.05) is 13.1 Å². The molecule has 0 saturated heterocycles. The molecule has 0 spiro atoms. The number of amides is 2. The Labute approximate surface area is 179 Å². The molecule has 0 heterocycles. The van der Waals surface area contributed by atoms with E-state index in [2.05, 4.69) is 12.2 Å². The van der Waals surface area contributed by atoms with Crippen LogP contribution in [0.2, 0.25) is 5.02 Å². The Kier molecular flexibility index (Phi) is 9.72. The van der Waals surface area contributed by atoms with Crippen LogP contribution < -0.4 is 5.32 Å². The minimum Gasteiger partial charge on any atom is -0.354 e. The molecule has 0 aromatic heterocycles. The zero-order valence-electron chi connectivity index (χ0n) is 17.4. The van der Waals surface area contributed by atoms with Crippen molar-refractivity contribution in [3.63, 3.8) is 0 Å². The van der Waals surface area contributed by atoms with Gasteiger partial charge in [-0.05, 0) is 42.5 Å². The van der Waals surface area contributed by atoms with Gasteiger partial charge in [0.05, 0.1) is 6.42 Å². The molecule has 0 fully saturated rings. The fraction of sp³-hybridized carbons (Fsp3) is 0.417. The zero-order chi connectivity index (χ0) is 21.1. The summed E-state index contributed by atoms with van der Waals surface area (Å²) in [5, 5.41) is 3.59. The summed E-state index contributed by atoms with van der Waals surface area (Å²) in [6.07, 6.45) is 3.47. The van der Waals surface area contributed by atoms with Crippen molar-refractivity contribution in [3.8, 4) is 0 Å². The lowest BCUT2D eigenvalue weighted by atomic mass is 10.1. The van der Waals surface area contributed by atoms with Gasteiger partial charge in [-0.25, -0.2) is 0 Å². The van der Waals surface area contributed by atoms with Gasteiger partial charge in [-0.15, -0.1) is 0 Å². The number of hydrogen-bond donors (Lipinski definition) is 1. The summed E-state index contributed by atoms with van der Waals surface area (Å²) in [4.78, 5) is 27.7. The number of benzene rings is 2. The largest absolute Gasteiger partial charge is 0.354 e. The average Bonchev–Trinajstić information content (AvgIpc) is 2.71. The van der Waals surface area contributed by atoms with E-state index < -0.39 is 6.04 Å². The van der Waals surface area contributed by atoms with Crippen LogP contribution in [0.25, 0.3) is 0 Å². The number of carbonyl (C=O) groups excluding carboxylic acids is 2. The van der Waals surface area contributed by atoms with Gasteiger partial charge in [0.2, 0.25) is 11.8 Å². The first-order chi connectivity index (χ1) is 14.0. The predicted octanol–water partition coefficient (Wildman–Crippen LogP) is 4.65. The molecule has 0 aliphatic heterocycles. The van der Waals surface area contributed by atoms with Crippen LogP contribution in [0.4, 0.5) is 0 Å². The first-order valence-corrected chi connectivity index (χ1v) is 10.8. The molecule has 1 unspecified atom stereocenters. The van der Waals surface area contributed by atoms with Crippen LogP contribution in [0, 0.1) is 0 Å². The van der Waals surface area contributed by atoms with Gasteiger partial charge in [0.25, 0.3) is 0 Å². The van der Waals surface area contributed by atoms with Crippen LogP contribution in [0.1, 0.15) is 44.2 Å². The number of halogens is 1. The Morgan fingerprint density at radius 2 is 1.76 bits per heavy atom. The number of hydrogen-bond acceptors (Lipinski definition) is 2. The topological polar surface area (TPSA) is 49.4 Å². The average molecular weight is 415 g/mol. The first kappa shape index (κ1) is 23.0. The van der Waals surface area contributed by atoms with Crippen molar-refractivity contribution in [2.24, 2.45) is 0 Å². The van der Waals surface area contributed by atoms with E-state index in [9.17, 15) is 9.59 Å². The van der Waals surface area contributed by atoms with E-state index in [1.54, 1.807) is 17.0 Å². The van der Waals surface area contributed by atoms with Gasteiger partial charge in [0.1, 0.15) is 6.04 Å². The highest BCUT2D eigenvalue weighted by atomic mass is 35.5. The maximum Gasteiger partial charge on any atom is 0.242 e. The van der Waals surface area contributed by atoms with Gasteiger partial charge < -0.3 is 10.2 Å². The summed E-state index contributed by atoms with van der Waals surface area (Å²) in [6, 6.07) is 16.9. The van der Waals surface area contributed by atoms with Crippen LogP contribution in [0.15, 0.2) is 54.6 Å². The lowest BCUT2D eigenvalue weighted by Crippen LogP contribution is -2.50. The second-order valence-electron chi connectivity index (χ2n) is 7.20. The van der Waals surface area contributed by atoms with Crippen molar-refractivity contribution >= 4 is 23.4 Å². The van der Waals surface area contributed by atoms with Crippen LogP contribution in [0.3, 0.4) is 0 Å². The molecular weight excluding hydrogens is 384 g/mol. The van der Waals surface area contributed by atoms with Crippen molar-refractivity contribution in [3.05, 3.63) is 70.7 Å². The van der Waals surface area contributed by atoms with E-state index in [0.717, 1.165) is 24.0 Å². The summed E-state index contributed by atoms with van der Waals surface area (Å²) in [7, 11) is 0. The van der Waals surface area contributed by atoms with E-state index in [1.807, 2.05) is 49.4 Å². The minimum atomic E-state index is -0.470. The summed E-state index contributed by atoms with van der Waals surface area (Å²) < 4.78 is 0.